The Morgan fingerprint density at radius 1 is 1.28 bits per heavy atom. The van der Waals surface area contributed by atoms with E-state index in [9.17, 15) is 23.4 Å². The van der Waals surface area contributed by atoms with Gasteiger partial charge in [0.1, 0.15) is 5.65 Å². The summed E-state index contributed by atoms with van der Waals surface area (Å²) in [5.41, 5.74) is -0.342. The molecule has 32 heavy (non-hydrogen) atoms. The summed E-state index contributed by atoms with van der Waals surface area (Å²) >= 11 is 0. The Morgan fingerprint density at radius 2 is 2.00 bits per heavy atom. The molecule has 2 atom stereocenters. The summed E-state index contributed by atoms with van der Waals surface area (Å²) in [6, 6.07) is 1.33. The smallest absolute Gasteiger partial charge is 0.255 e. The van der Waals surface area contributed by atoms with Crippen LogP contribution in [0, 0.1) is 0 Å². The molecule has 0 unspecified atom stereocenters. The third-order valence-corrected chi connectivity index (χ3v) is 7.98. The number of aromatic nitrogens is 3. The number of anilines is 1. The van der Waals surface area contributed by atoms with Crippen molar-refractivity contribution in [2.24, 2.45) is 0 Å². The van der Waals surface area contributed by atoms with Crippen LogP contribution in [0.25, 0.3) is 11.0 Å². The number of nitrogens with one attached hydrogen (secondary N) is 1. The van der Waals surface area contributed by atoms with Gasteiger partial charge in [0.2, 0.25) is 16.0 Å². The van der Waals surface area contributed by atoms with Crippen LogP contribution in [0.15, 0.2) is 17.1 Å². The topological polar surface area (TPSA) is 138 Å². The summed E-state index contributed by atoms with van der Waals surface area (Å²) < 4.78 is 26.5. The van der Waals surface area contributed by atoms with Gasteiger partial charge in [-0.2, -0.15) is 4.98 Å². The zero-order valence-corrected chi connectivity index (χ0v) is 19.3. The Bertz CT molecular complexity index is 1160. The molecule has 2 aliphatic rings. The Morgan fingerprint density at radius 3 is 2.59 bits per heavy atom. The molecule has 3 N–H and O–H groups in total. The monoisotopic (exact) mass is 465 g/mol. The first-order valence-electron chi connectivity index (χ1n) is 11.1. The van der Waals surface area contributed by atoms with Crippen LogP contribution in [0.3, 0.4) is 0 Å². The molecule has 2 fully saturated rings. The second kappa shape index (κ2) is 8.69. The van der Waals surface area contributed by atoms with Crippen LogP contribution < -0.4 is 10.9 Å². The highest BCUT2D eigenvalue weighted by Gasteiger charge is 2.39. The summed E-state index contributed by atoms with van der Waals surface area (Å²) in [6.45, 7) is 2.47. The number of nitrogens with zero attached hydrogens (tertiary/aromatic N) is 4. The molecule has 4 rings (SSSR count). The van der Waals surface area contributed by atoms with Gasteiger partial charge in [-0.1, -0.05) is 0 Å². The molecule has 0 spiro atoms. The van der Waals surface area contributed by atoms with Crippen LogP contribution in [0.4, 0.5) is 5.95 Å². The summed E-state index contributed by atoms with van der Waals surface area (Å²) in [4.78, 5) is 22.3. The highest BCUT2D eigenvalue weighted by Crippen LogP contribution is 2.39. The SMILES string of the molecule is C[C@@]1(O)CCC[C@H]1n1c(=O)c(CCO)cc2cnc(NC3CCN(S(C)(=O)=O)CC3)nc21. The number of aliphatic hydroxyl groups is 2. The lowest BCUT2D eigenvalue weighted by Crippen LogP contribution is -2.42. The molecule has 1 saturated carbocycles. The average molecular weight is 466 g/mol. The minimum absolute atomic E-state index is 0.0221. The molecule has 1 aliphatic heterocycles. The van der Waals surface area contributed by atoms with E-state index < -0.39 is 21.7 Å². The molecule has 1 aliphatic carbocycles. The maximum atomic E-state index is 13.3. The van der Waals surface area contributed by atoms with Gasteiger partial charge >= 0.3 is 0 Å². The first-order chi connectivity index (χ1) is 15.1. The predicted octanol–water partition coefficient (Wildman–Crippen LogP) is 0.638. The first-order valence-corrected chi connectivity index (χ1v) is 12.9. The molecule has 0 amide bonds. The summed E-state index contributed by atoms with van der Waals surface area (Å²) in [5, 5.41) is 24.3. The lowest BCUT2D eigenvalue weighted by molar-refractivity contribution is 0.0266. The minimum Gasteiger partial charge on any atom is -0.396 e. The zero-order chi connectivity index (χ0) is 23.1. The second-order valence-corrected chi connectivity index (χ2v) is 11.1. The predicted molar refractivity (Wildman–Crippen MR) is 121 cm³/mol. The number of aliphatic hydroxyl groups excluding tert-OH is 1. The molecule has 1 saturated heterocycles. The number of rotatable bonds is 6. The van der Waals surface area contributed by atoms with Gasteiger partial charge in [-0.25, -0.2) is 17.7 Å². The van der Waals surface area contributed by atoms with Crippen LogP contribution in [-0.4, -0.2) is 75.1 Å². The molecule has 11 heteroatoms. The summed E-state index contributed by atoms with van der Waals surface area (Å²) in [5.74, 6) is 0.371. The van der Waals surface area contributed by atoms with E-state index in [1.54, 1.807) is 23.8 Å². The van der Waals surface area contributed by atoms with Gasteiger partial charge in [-0.05, 0) is 45.1 Å². The van der Waals surface area contributed by atoms with Crippen molar-refractivity contribution in [1.29, 1.82) is 0 Å². The molecular formula is C21H31N5O5S. The van der Waals surface area contributed by atoms with E-state index >= 15 is 0 Å². The van der Waals surface area contributed by atoms with Crippen molar-refractivity contribution in [2.45, 2.75) is 63.1 Å². The zero-order valence-electron chi connectivity index (χ0n) is 18.5. The largest absolute Gasteiger partial charge is 0.396 e. The van der Waals surface area contributed by atoms with Crippen LogP contribution in [0.2, 0.25) is 0 Å². The summed E-state index contributed by atoms with van der Waals surface area (Å²) in [7, 11) is -3.20. The molecular weight excluding hydrogens is 434 g/mol. The van der Waals surface area contributed by atoms with E-state index in [-0.39, 0.29) is 24.6 Å². The van der Waals surface area contributed by atoms with Gasteiger partial charge in [0, 0.05) is 49.3 Å². The number of hydrogen-bond acceptors (Lipinski definition) is 8. The van der Waals surface area contributed by atoms with Crippen molar-refractivity contribution in [1.82, 2.24) is 18.8 Å². The molecule has 10 nitrogen and oxygen atoms in total. The fraction of sp³-hybridized carbons (Fsp3) is 0.667. The van der Waals surface area contributed by atoms with Crippen molar-refractivity contribution in [3.63, 3.8) is 0 Å². The number of piperidine rings is 1. The van der Waals surface area contributed by atoms with Gasteiger partial charge in [0.05, 0.1) is 17.9 Å². The Labute approximate surface area is 187 Å². The van der Waals surface area contributed by atoms with E-state index in [1.165, 1.54) is 10.6 Å². The number of sulfonamides is 1. The number of fused-ring (bicyclic) bond motifs is 1. The van der Waals surface area contributed by atoms with Crippen LogP contribution >= 0.6 is 0 Å². The second-order valence-electron chi connectivity index (χ2n) is 9.14. The van der Waals surface area contributed by atoms with Crippen molar-refractivity contribution in [3.05, 3.63) is 28.2 Å². The normalized spacial score (nSPS) is 25.4. The Balaban J connectivity index is 1.68. The van der Waals surface area contributed by atoms with E-state index in [2.05, 4.69) is 15.3 Å². The van der Waals surface area contributed by atoms with Crippen molar-refractivity contribution in [2.75, 3.05) is 31.3 Å². The summed E-state index contributed by atoms with van der Waals surface area (Å²) in [6.07, 6.45) is 6.44. The molecule has 2 aromatic rings. The molecule has 3 heterocycles. The maximum Gasteiger partial charge on any atom is 0.255 e. The lowest BCUT2D eigenvalue weighted by Gasteiger charge is -2.31. The van der Waals surface area contributed by atoms with Crippen LogP contribution in [-0.2, 0) is 16.4 Å². The van der Waals surface area contributed by atoms with E-state index in [0.717, 1.165) is 6.42 Å². The van der Waals surface area contributed by atoms with Gasteiger partial charge in [-0.3, -0.25) is 9.36 Å². The molecule has 0 radical (unpaired) electrons. The van der Waals surface area contributed by atoms with E-state index in [1.807, 2.05) is 0 Å². The van der Waals surface area contributed by atoms with Crippen molar-refractivity contribution >= 4 is 27.0 Å². The van der Waals surface area contributed by atoms with Crippen molar-refractivity contribution < 1.29 is 18.6 Å². The molecule has 2 aromatic heterocycles. The van der Waals surface area contributed by atoms with E-state index in [4.69, 9.17) is 0 Å². The standard InChI is InChI=1S/C21H31N5O5S/c1-21(29)8-3-4-17(21)26-18-15(12-14(7-11-27)19(26)28)13-22-20(24-18)23-16-5-9-25(10-6-16)32(2,30)31/h12-13,16-17,27,29H,3-11H2,1-2H3,(H,22,23,24)/t17-,21-/m1/s1. The van der Waals surface area contributed by atoms with Crippen LogP contribution in [0.5, 0.6) is 0 Å². The van der Waals surface area contributed by atoms with Gasteiger partial charge in [0.15, 0.2) is 0 Å². The minimum atomic E-state index is -3.20. The molecule has 0 aromatic carbocycles. The quantitative estimate of drug-likeness (QED) is 0.565. The first kappa shape index (κ1) is 23.1. The van der Waals surface area contributed by atoms with Crippen molar-refractivity contribution in [3.8, 4) is 0 Å². The van der Waals surface area contributed by atoms with Gasteiger partial charge < -0.3 is 15.5 Å². The average Bonchev–Trinajstić information content (AvgIpc) is 3.07. The molecule has 0 bridgehead atoms. The Kier molecular flexibility index (Phi) is 6.27. The maximum absolute atomic E-state index is 13.3. The fourth-order valence-electron chi connectivity index (χ4n) is 4.89. The number of pyridine rings is 1. The fourth-order valence-corrected chi connectivity index (χ4v) is 5.76. The number of hydrogen-bond donors (Lipinski definition) is 3. The lowest BCUT2D eigenvalue weighted by atomic mass is 9.99. The van der Waals surface area contributed by atoms with Gasteiger partial charge in [-0.15, -0.1) is 0 Å². The van der Waals surface area contributed by atoms with Gasteiger partial charge in [0.25, 0.3) is 5.56 Å². The molecule has 176 valence electrons. The van der Waals surface area contributed by atoms with E-state index in [0.29, 0.717) is 61.3 Å². The van der Waals surface area contributed by atoms with Crippen LogP contribution in [0.1, 0.15) is 50.6 Å². The third-order valence-electron chi connectivity index (χ3n) is 6.67. The highest BCUT2D eigenvalue weighted by atomic mass is 32.2. The Hall–Kier alpha value is -2.08. The third kappa shape index (κ3) is 4.52. The highest BCUT2D eigenvalue weighted by molar-refractivity contribution is 7.88.